The zero-order valence-corrected chi connectivity index (χ0v) is 12.0. The molecule has 1 aromatic heterocycles. The Kier molecular flexibility index (Phi) is 4.81. The van der Waals surface area contributed by atoms with E-state index in [2.05, 4.69) is 10.1 Å². The summed E-state index contributed by atoms with van der Waals surface area (Å²) in [5, 5.41) is 4.11. The maximum atomic E-state index is 6.47. The van der Waals surface area contributed by atoms with Crippen LogP contribution >= 0.6 is 12.4 Å². The number of nitrogens with zero attached hydrogens (tertiary/aromatic N) is 2. The molecule has 2 N–H and O–H groups in total. The number of ether oxygens (including phenoxy) is 1. The third kappa shape index (κ3) is 3.09. The zero-order chi connectivity index (χ0) is 12.4. The molecule has 0 radical (unpaired) electrons. The van der Waals surface area contributed by atoms with Crippen molar-refractivity contribution < 1.29 is 9.26 Å². The van der Waals surface area contributed by atoms with Gasteiger partial charge in [-0.15, -0.1) is 12.4 Å². The van der Waals surface area contributed by atoms with Gasteiger partial charge >= 0.3 is 0 Å². The first-order chi connectivity index (χ1) is 8.78. The lowest BCUT2D eigenvalue weighted by Gasteiger charge is -2.23. The van der Waals surface area contributed by atoms with E-state index in [0.717, 1.165) is 45.1 Å². The van der Waals surface area contributed by atoms with Crippen molar-refractivity contribution in [2.24, 2.45) is 5.73 Å². The van der Waals surface area contributed by atoms with Crippen molar-refractivity contribution in [2.45, 2.75) is 63.0 Å². The van der Waals surface area contributed by atoms with Gasteiger partial charge in [0.1, 0.15) is 6.10 Å². The molecule has 0 spiro atoms. The molecular weight excluding hydrogens is 266 g/mol. The van der Waals surface area contributed by atoms with Gasteiger partial charge in [0.05, 0.1) is 5.54 Å². The minimum Gasteiger partial charge on any atom is -0.368 e. The SMILES string of the molecule is Cl.NC1(c2noc(C3CCCO3)n2)CCCCCC1. The quantitative estimate of drug-likeness (QED) is 0.847. The summed E-state index contributed by atoms with van der Waals surface area (Å²) < 4.78 is 10.9. The van der Waals surface area contributed by atoms with Crippen LogP contribution in [0.4, 0.5) is 0 Å². The van der Waals surface area contributed by atoms with E-state index in [-0.39, 0.29) is 18.5 Å². The van der Waals surface area contributed by atoms with Gasteiger partial charge in [-0.2, -0.15) is 4.98 Å². The monoisotopic (exact) mass is 287 g/mol. The largest absolute Gasteiger partial charge is 0.368 e. The number of hydrogen-bond donors (Lipinski definition) is 1. The van der Waals surface area contributed by atoms with Gasteiger partial charge in [-0.1, -0.05) is 30.8 Å². The van der Waals surface area contributed by atoms with Crippen LogP contribution in [0.3, 0.4) is 0 Å². The minimum atomic E-state index is -0.392. The summed E-state index contributed by atoms with van der Waals surface area (Å²) >= 11 is 0. The average Bonchev–Trinajstić information content (AvgIpc) is 3.00. The van der Waals surface area contributed by atoms with E-state index in [4.69, 9.17) is 15.0 Å². The minimum absolute atomic E-state index is 0. The van der Waals surface area contributed by atoms with Crippen LogP contribution in [0.2, 0.25) is 0 Å². The van der Waals surface area contributed by atoms with Crippen LogP contribution in [-0.2, 0) is 10.3 Å². The smallest absolute Gasteiger partial charge is 0.255 e. The van der Waals surface area contributed by atoms with Gasteiger partial charge < -0.3 is 15.0 Å². The molecule has 108 valence electrons. The Morgan fingerprint density at radius 2 is 1.84 bits per heavy atom. The average molecular weight is 288 g/mol. The van der Waals surface area contributed by atoms with Gasteiger partial charge in [0, 0.05) is 6.61 Å². The molecule has 2 heterocycles. The van der Waals surface area contributed by atoms with Gasteiger partial charge in [-0.25, -0.2) is 0 Å². The van der Waals surface area contributed by atoms with Crippen LogP contribution in [0.25, 0.3) is 0 Å². The molecule has 1 unspecified atom stereocenters. The highest BCUT2D eigenvalue weighted by molar-refractivity contribution is 5.85. The van der Waals surface area contributed by atoms with E-state index < -0.39 is 5.54 Å². The Balaban J connectivity index is 0.00000133. The lowest BCUT2D eigenvalue weighted by Crippen LogP contribution is -2.37. The highest BCUT2D eigenvalue weighted by Gasteiger charge is 2.34. The summed E-state index contributed by atoms with van der Waals surface area (Å²) in [6.07, 6.45) is 8.76. The maximum Gasteiger partial charge on any atom is 0.255 e. The molecule has 1 aliphatic heterocycles. The van der Waals surface area contributed by atoms with Crippen LogP contribution < -0.4 is 5.73 Å². The molecule has 6 heteroatoms. The lowest BCUT2D eigenvalue weighted by molar-refractivity contribution is 0.0835. The molecule has 2 aliphatic rings. The van der Waals surface area contributed by atoms with E-state index in [1.165, 1.54) is 12.8 Å². The molecule has 1 aromatic rings. The van der Waals surface area contributed by atoms with E-state index in [1.54, 1.807) is 0 Å². The molecule has 0 amide bonds. The Bertz CT molecular complexity index is 396. The van der Waals surface area contributed by atoms with Gasteiger partial charge in [0.25, 0.3) is 5.89 Å². The predicted octanol–water partition coefficient (Wildman–Crippen LogP) is 2.85. The fourth-order valence-electron chi connectivity index (χ4n) is 2.92. The third-order valence-electron chi connectivity index (χ3n) is 4.09. The highest BCUT2D eigenvalue weighted by atomic mass is 35.5. The van der Waals surface area contributed by atoms with Crippen LogP contribution in [0.5, 0.6) is 0 Å². The summed E-state index contributed by atoms with van der Waals surface area (Å²) in [6.45, 7) is 0.788. The summed E-state index contributed by atoms with van der Waals surface area (Å²) in [4.78, 5) is 4.50. The number of hydrogen-bond acceptors (Lipinski definition) is 5. The summed E-state index contributed by atoms with van der Waals surface area (Å²) in [6, 6.07) is 0. The second-order valence-electron chi connectivity index (χ2n) is 5.53. The normalized spacial score (nSPS) is 26.7. The second-order valence-corrected chi connectivity index (χ2v) is 5.53. The predicted molar refractivity (Wildman–Crippen MR) is 73.0 cm³/mol. The molecule has 1 aliphatic carbocycles. The van der Waals surface area contributed by atoms with Crippen molar-refractivity contribution in [2.75, 3.05) is 6.61 Å². The summed E-state index contributed by atoms with van der Waals surface area (Å²) in [5.74, 6) is 1.28. The van der Waals surface area contributed by atoms with Crippen molar-refractivity contribution in [1.29, 1.82) is 0 Å². The molecule has 1 atom stereocenters. The molecule has 2 fully saturated rings. The fraction of sp³-hybridized carbons (Fsp3) is 0.846. The maximum absolute atomic E-state index is 6.47. The zero-order valence-electron chi connectivity index (χ0n) is 11.1. The Hall–Kier alpha value is -0.650. The fourth-order valence-corrected chi connectivity index (χ4v) is 2.92. The van der Waals surface area contributed by atoms with E-state index >= 15 is 0 Å². The molecule has 3 rings (SSSR count). The highest BCUT2D eigenvalue weighted by Crippen LogP contribution is 2.34. The first-order valence-corrected chi connectivity index (χ1v) is 7.02. The molecular formula is C13H22ClN3O2. The topological polar surface area (TPSA) is 74.2 Å². The molecule has 0 bridgehead atoms. The Morgan fingerprint density at radius 1 is 1.11 bits per heavy atom. The van der Waals surface area contributed by atoms with Gasteiger partial charge in [0.15, 0.2) is 5.82 Å². The van der Waals surface area contributed by atoms with E-state index in [9.17, 15) is 0 Å². The molecule has 5 nitrogen and oxygen atoms in total. The van der Waals surface area contributed by atoms with E-state index in [1.807, 2.05) is 0 Å². The third-order valence-corrected chi connectivity index (χ3v) is 4.09. The number of rotatable bonds is 2. The van der Waals surface area contributed by atoms with Crippen LogP contribution in [0.1, 0.15) is 69.2 Å². The molecule has 19 heavy (non-hydrogen) atoms. The van der Waals surface area contributed by atoms with Gasteiger partial charge in [-0.3, -0.25) is 0 Å². The van der Waals surface area contributed by atoms with Gasteiger partial charge in [0.2, 0.25) is 0 Å². The number of aromatic nitrogens is 2. The second kappa shape index (κ2) is 6.20. The van der Waals surface area contributed by atoms with Crippen LogP contribution in [0, 0.1) is 0 Å². The molecule has 1 saturated carbocycles. The lowest BCUT2D eigenvalue weighted by atomic mass is 9.91. The van der Waals surface area contributed by atoms with Crippen molar-refractivity contribution >= 4 is 12.4 Å². The first-order valence-electron chi connectivity index (χ1n) is 7.02. The van der Waals surface area contributed by atoms with Crippen LogP contribution in [-0.4, -0.2) is 16.7 Å². The summed E-state index contributed by atoms with van der Waals surface area (Å²) in [7, 11) is 0. The first kappa shape index (κ1) is 14.8. The van der Waals surface area contributed by atoms with Crippen molar-refractivity contribution in [3.05, 3.63) is 11.7 Å². The van der Waals surface area contributed by atoms with Crippen molar-refractivity contribution in [3.63, 3.8) is 0 Å². The van der Waals surface area contributed by atoms with Gasteiger partial charge in [-0.05, 0) is 25.7 Å². The van der Waals surface area contributed by atoms with E-state index in [0.29, 0.717) is 11.7 Å². The molecule has 0 aromatic carbocycles. The van der Waals surface area contributed by atoms with Crippen molar-refractivity contribution in [1.82, 2.24) is 10.1 Å². The van der Waals surface area contributed by atoms with Crippen LogP contribution in [0.15, 0.2) is 4.52 Å². The standard InChI is InChI=1S/C13H21N3O2.ClH/c14-13(7-3-1-2-4-8-13)12-15-11(18-16-12)10-6-5-9-17-10;/h10H,1-9,14H2;1H. The Morgan fingerprint density at radius 3 is 2.47 bits per heavy atom. The van der Waals surface area contributed by atoms with Crippen molar-refractivity contribution in [3.8, 4) is 0 Å². The Labute approximate surface area is 119 Å². The summed E-state index contributed by atoms with van der Waals surface area (Å²) in [5.41, 5.74) is 6.07. The number of nitrogens with two attached hydrogens (primary N) is 1. The number of halogens is 1. The molecule has 1 saturated heterocycles.